The molecule has 0 heterocycles. The van der Waals surface area contributed by atoms with Crippen LogP contribution in [0.3, 0.4) is 0 Å². The summed E-state index contributed by atoms with van der Waals surface area (Å²) in [5.74, 6) is -0.0918. The molecule has 108 valence electrons. The van der Waals surface area contributed by atoms with Crippen molar-refractivity contribution in [2.45, 2.75) is 51.6 Å². The van der Waals surface area contributed by atoms with Gasteiger partial charge in [0.25, 0.3) is 0 Å². The highest BCUT2D eigenvalue weighted by atomic mass is 35.5. The second-order valence-electron chi connectivity index (χ2n) is 5.35. The molecule has 0 aliphatic rings. The Morgan fingerprint density at radius 1 is 1.32 bits per heavy atom. The fourth-order valence-electron chi connectivity index (χ4n) is 2.16. The van der Waals surface area contributed by atoms with Crippen LogP contribution < -0.4 is 11.1 Å². The summed E-state index contributed by atoms with van der Waals surface area (Å²) in [6.45, 7) is 8.09. The van der Waals surface area contributed by atoms with Gasteiger partial charge in [0.15, 0.2) is 0 Å². The minimum absolute atomic E-state index is 0. The van der Waals surface area contributed by atoms with Gasteiger partial charge in [0.2, 0.25) is 5.91 Å². The van der Waals surface area contributed by atoms with Gasteiger partial charge in [-0.2, -0.15) is 0 Å². The van der Waals surface area contributed by atoms with Crippen LogP contribution in [0.5, 0.6) is 0 Å². The van der Waals surface area contributed by atoms with Gasteiger partial charge in [0, 0.05) is 11.5 Å². The summed E-state index contributed by atoms with van der Waals surface area (Å²) in [6, 6.07) is 9.86. The van der Waals surface area contributed by atoms with Gasteiger partial charge in [0.05, 0.1) is 6.04 Å². The molecule has 1 aromatic carbocycles. The number of rotatable bonds is 5. The van der Waals surface area contributed by atoms with Crippen molar-refractivity contribution in [3.8, 4) is 0 Å². The number of amides is 1. The highest BCUT2D eigenvalue weighted by molar-refractivity contribution is 5.85. The second kappa shape index (κ2) is 7.51. The molecule has 3 nitrogen and oxygen atoms in total. The summed E-state index contributed by atoms with van der Waals surface area (Å²) >= 11 is 0. The Kier molecular flexibility index (Phi) is 7.09. The number of hydrogen-bond donors (Lipinski definition) is 2. The molecule has 0 fully saturated rings. The van der Waals surface area contributed by atoms with Crippen LogP contribution in [0.25, 0.3) is 0 Å². The van der Waals surface area contributed by atoms with E-state index >= 15 is 0 Å². The number of benzene rings is 1. The Hall–Kier alpha value is -1.06. The minimum atomic E-state index is -0.467. The van der Waals surface area contributed by atoms with Crippen LogP contribution in [-0.2, 0) is 10.2 Å². The number of carbonyl (C=O) groups excluding carboxylic acids is 1. The van der Waals surface area contributed by atoms with Gasteiger partial charge in [-0.15, -0.1) is 12.4 Å². The van der Waals surface area contributed by atoms with Gasteiger partial charge in [-0.05, 0) is 18.9 Å². The predicted molar refractivity (Wildman–Crippen MR) is 82.6 cm³/mol. The lowest BCUT2D eigenvalue weighted by Crippen LogP contribution is -2.51. The van der Waals surface area contributed by atoms with E-state index in [-0.39, 0.29) is 29.8 Å². The highest BCUT2D eigenvalue weighted by Crippen LogP contribution is 2.28. The largest absolute Gasteiger partial charge is 0.351 e. The molecule has 1 rings (SSSR count). The first-order valence-corrected chi connectivity index (χ1v) is 6.51. The van der Waals surface area contributed by atoms with Crippen molar-refractivity contribution in [2.24, 2.45) is 5.73 Å². The number of nitrogens with one attached hydrogen (secondary N) is 1. The molecule has 0 aromatic heterocycles. The number of carbonyl (C=O) groups is 1. The second-order valence-corrected chi connectivity index (χ2v) is 5.35. The molecule has 0 aliphatic heterocycles. The average Bonchev–Trinajstić information content (AvgIpc) is 2.36. The summed E-state index contributed by atoms with van der Waals surface area (Å²) in [5.41, 5.74) is 6.72. The molecular formula is C15H25ClN2O. The van der Waals surface area contributed by atoms with Crippen molar-refractivity contribution in [1.29, 1.82) is 0 Å². The zero-order valence-corrected chi connectivity index (χ0v) is 13.0. The molecule has 0 saturated carbocycles. The number of hydrogen-bond acceptors (Lipinski definition) is 2. The molecule has 1 unspecified atom stereocenters. The van der Waals surface area contributed by atoms with E-state index < -0.39 is 6.04 Å². The molecule has 4 heteroatoms. The fourth-order valence-corrected chi connectivity index (χ4v) is 2.16. The maximum atomic E-state index is 11.8. The Bertz CT molecular complexity index is 390. The maximum absolute atomic E-state index is 11.8. The Balaban J connectivity index is 0.00000324. The summed E-state index contributed by atoms with van der Waals surface area (Å²) in [6.07, 6.45) is 0.875. The minimum Gasteiger partial charge on any atom is -0.351 e. The van der Waals surface area contributed by atoms with E-state index in [1.54, 1.807) is 6.92 Å². The molecule has 1 aromatic rings. The first-order chi connectivity index (χ1) is 8.39. The van der Waals surface area contributed by atoms with Crippen LogP contribution >= 0.6 is 12.4 Å². The van der Waals surface area contributed by atoms with Gasteiger partial charge in [-0.3, -0.25) is 4.79 Å². The summed E-state index contributed by atoms with van der Waals surface area (Å²) < 4.78 is 0. The lowest BCUT2D eigenvalue weighted by Gasteiger charge is -2.35. The molecule has 2 atom stereocenters. The van der Waals surface area contributed by atoms with Crippen molar-refractivity contribution < 1.29 is 4.79 Å². The number of nitrogens with two attached hydrogens (primary N) is 1. The summed E-state index contributed by atoms with van der Waals surface area (Å²) in [4.78, 5) is 11.8. The third kappa shape index (κ3) is 4.51. The average molecular weight is 285 g/mol. The van der Waals surface area contributed by atoms with Crippen LogP contribution in [0.2, 0.25) is 0 Å². The molecule has 0 aliphatic carbocycles. The lowest BCUT2D eigenvalue weighted by molar-refractivity contribution is -0.123. The van der Waals surface area contributed by atoms with E-state index in [2.05, 4.69) is 38.2 Å². The third-order valence-electron chi connectivity index (χ3n) is 3.53. The SMILES string of the molecule is CCC(NC(=O)[C@H](C)N)C(C)(C)c1ccccc1.Cl. The van der Waals surface area contributed by atoms with Gasteiger partial charge in [-0.1, -0.05) is 51.1 Å². The number of halogens is 1. The first-order valence-electron chi connectivity index (χ1n) is 6.51. The molecule has 0 spiro atoms. The highest BCUT2D eigenvalue weighted by Gasteiger charge is 2.31. The van der Waals surface area contributed by atoms with E-state index in [4.69, 9.17) is 5.73 Å². The molecule has 3 N–H and O–H groups in total. The Morgan fingerprint density at radius 3 is 2.26 bits per heavy atom. The molecule has 1 amide bonds. The van der Waals surface area contributed by atoms with E-state index in [0.717, 1.165) is 6.42 Å². The van der Waals surface area contributed by atoms with Gasteiger partial charge in [0.1, 0.15) is 0 Å². The fraction of sp³-hybridized carbons (Fsp3) is 0.533. The van der Waals surface area contributed by atoms with Crippen LogP contribution in [0, 0.1) is 0 Å². The summed E-state index contributed by atoms with van der Waals surface area (Å²) in [5, 5.41) is 3.04. The van der Waals surface area contributed by atoms with Crippen molar-refractivity contribution in [2.75, 3.05) is 0 Å². The topological polar surface area (TPSA) is 55.1 Å². The smallest absolute Gasteiger partial charge is 0.236 e. The van der Waals surface area contributed by atoms with E-state index in [9.17, 15) is 4.79 Å². The molecule has 0 saturated heterocycles. The predicted octanol–water partition coefficient (Wildman–Crippen LogP) is 2.63. The monoisotopic (exact) mass is 284 g/mol. The quantitative estimate of drug-likeness (QED) is 0.873. The van der Waals surface area contributed by atoms with Crippen LogP contribution in [0.4, 0.5) is 0 Å². The Labute approximate surface area is 122 Å². The Morgan fingerprint density at radius 2 is 1.84 bits per heavy atom. The molecular weight excluding hydrogens is 260 g/mol. The van der Waals surface area contributed by atoms with Crippen molar-refractivity contribution in [3.05, 3.63) is 35.9 Å². The van der Waals surface area contributed by atoms with Crippen molar-refractivity contribution in [3.63, 3.8) is 0 Å². The molecule has 19 heavy (non-hydrogen) atoms. The van der Waals surface area contributed by atoms with E-state index in [1.165, 1.54) is 5.56 Å². The third-order valence-corrected chi connectivity index (χ3v) is 3.53. The van der Waals surface area contributed by atoms with Crippen LogP contribution in [-0.4, -0.2) is 18.0 Å². The standard InChI is InChI=1S/C15H24N2O.ClH/c1-5-13(17-14(18)11(2)16)15(3,4)12-9-7-6-8-10-12;/h6-11,13H,5,16H2,1-4H3,(H,17,18);1H/t11-,13?;/m0./s1. The zero-order chi connectivity index (χ0) is 13.8. The molecule has 0 radical (unpaired) electrons. The van der Waals surface area contributed by atoms with Crippen LogP contribution in [0.15, 0.2) is 30.3 Å². The molecule has 0 bridgehead atoms. The zero-order valence-electron chi connectivity index (χ0n) is 12.1. The first kappa shape index (κ1) is 17.9. The van der Waals surface area contributed by atoms with Crippen molar-refractivity contribution in [1.82, 2.24) is 5.32 Å². The van der Waals surface area contributed by atoms with Crippen LogP contribution in [0.1, 0.15) is 39.7 Å². The lowest BCUT2D eigenvalue weighted by atomic mass is 9.76. The van der Waals surface area contributed by atoms with E-state index in [0.29, 0.717) is 0 Å². The van der Waals surface area contributed by atoms with Gasteiger partial charge in [-0.25, -0.2) is 0 Å². The van der Waals surface area contributed by atoms with Crippen molar-refractivity contribution >= 4 is 18.3 Å². The normalized spacial score (nSPS) is 14.2. The van der Waals surface area contributed by atoms with Gasteiger partial charge >= 0.3 is 0 Å². The summed E-state index contributed by atoms with van der Waals surface area (Å²) in [7, 11) is 0. The van der Waals surface area contributed by atoms with E-state index in [1.807, 2.05) is 18.2 Å². The van der Waals surface area contributed by atoms with Gasteiger partial charge < -0.3 is 11.1 Å². The maximum Gasteiger partial charge on any atom is 0.236 e.